The number of methoxy groups -OCH3 is 1. The van der Waals surface area contributed by atoms with Crippen LogP contribution in [0.2, 0.25) is 0 Å². The van der Waals surface area contributed by atoms with Gasteiger partial charge in [0.05, 0.1) is 24.0 Å². The van der Waals surface area contributed by atoms with Crippen molar-refractivity contribution in [2.45, 2.75) is 22.1 Å². The minimum Gasteiger partial charge on any atom is -0.497 e. The standard InChI is InChI=1S/C25H23NO3S/c1-3-18-25(30(28)22-12-8-5-9-13-22)23(19-10-6-4-7-11-19)26(24(25)27)20-14-16-21(29-2)17-15-20/h3-17,23H,1,18H2,2H3/t23-,25+,30?/m1/s1. The van der Waals surface area contributed by atoms with Crippen molar-refractivity contribution in [3.05, 3.63) is 103 Å². The van der Waals surface area contributed by atoms with E-state index < -0.39 is 15.5 Å². The monoisotopic (exact) mass is 417 g/mol. The van der Waals surface area contributed by atoms with E-state index in [1.54, 1.807) is 18.1 Å². The molecule has 1 heterocycles. The molecular formula is C25H23NO3S. The molecule has 3 aromatic rings. The molecule has 3 atom stereocenters. The maximum atomic E-state index is 13.8. The first-order valence-electron chi connectivity index (χ1n) is 9.74. The largest absolute Gasteiger partial charge is 0.497 e. The zero-order valence-electron chi connectivity index (χ0n) is 16.7. The van der Waals surface area contributed by atoms with Crippen LogP contribution in [0.25, 0.3) is 0 Å². The van der Waals surface area contributed by atoms with E-state index in [0.29, 0.717) is 17.1 Å². The average Bonchev–Trinajstić information content (AvgIpc) is 2.81. The van der Waals surface area contributed by atoms with Crippen LogP contribution in [-0.4, -0.2) is 22.0 Å². The summed E-state index contributed by atoms with van der Waals surface area (Å²) in [6, 6.07) is 26.0. The highest BCUT2D eigenvalue weighted by atomic mass is 32.2. The number of nitrogens with zero attached hydrogens (tertiary/aromatic N) is 1. The third-order valence-corrected chi connectivity index (χ3v) is 7.41. The van der Waals surface area contributed by atoms with Gasteiger partial charge < -0.3 is 9.64 Å². The second-order valence-electron chi connectivity index (χ2n) is 7.15. The highest BCUT2D eigenvalue weighted by Gasteiger charge is 2.65. The van der Waals surface area contributed by atoms with E-state index in [1.165, 1.54) is 0 Å². The molecule has 5 heteroatoms. The van der Waals surface area contributed by atoms with Gasteiger partial charge in [-0.1, -0.05) is 54.6 Å². The number of amides is 1. The molecule has 3 aromatic carbocycles. The van der Waals surface area contributed by atoms with Crippen LogP contribution < -0.4 is 9.64 Å². The van der Waals surface area contributed by atoms with Crippen LogP contribution in [0, 0.1) is 0 Å². The quantitative estimate of drug-likeness (QED) is 0.406. The van der Waals surface area contributed by atoms with Gasteiger partial charge in [-0.05, 0) is 48.4 Å². The minimum absolute atomic E-state index is 0.163. The Morgan fingerprint density at radius 2 is 1.60 bits per heavy atom. The number of carbonyl (C=O) groups is 1. The van der Waals surface area contributed by atoms with Crippen LogP contribution in [0.1, 0.15) is 18.0 Å². The maximum Gasteiger partial charge on any atom is 0.249 e. The fourth-order valence-corrected chi connectivity index (χ4v) is 5.86. The number of allylic oxidation sites excluding steroid dienone is 1. The van der Waals surface area contributed by atoms with Crippen molar-refractivity contribution in [2.75, 3.05) is 12.0 Å². The van der Waals surface area contributed by atoms with Crippen molar-refractivity contribution >= 4 is 22.4 Å². The molecule has 152 valence electrons. The molecule has 1 aliphatic heterocycles. The summed E-state index contributed by atoms with van der Waals surface area (Å²) in [6.07, 6.45) is 2.01. The second-order valence-corrected chi connectivity index (χ2v) is 8.89. The van der Waals surface area contributed by atoms with Gasteiger partial charge in [0, 0.05) is 10.6 Å². The number of rotatable bonds is 7. The van der Waals surface area contributed by atoms with Crippen molar-refractivity contribution < 1.29 is 13.7 Å². The Bertz CT molecular complexity index is 1070. The van der Waals surface area contributed by atoms with Crippen LogP contribution in [0.3, 0.4) is 0 Å². The second kappa shape index (κ2) is 8.28. The molecule has 1 aliphatic rings. The van der Waals surface area contributed by atoms with Gasteiger partial charge in [-0.15, -0.1) is 6.58 Å². The number of β-lactam (4-membered cyclic amide) rings is 1. The molecule has 0 spiro atoms. The molecule has 1 unspecified atom stereocenters. The van der Waals surface area contributed by atoms with Gasteiger partial charge in [-0.3, -0.25) is 9.00 Å². The summed E-state index contributed by atoms with van der Waals surface area (Å²) < 4.78 is 17.9. The third kappa shape index (κ3) is 3.15. The summed E-state index contributed by atoms with van der Waals surface area (Å²) in [6.45, 7) is 3.86. The Labute approximate surface area is 179 Å². The summed E-state index contributed by atoms with van der Waals surface area (Å²) in [5, 5.41) is 0. The topological polar surface area (TPSA) is 46.6 Å². The Morgan fingerprint density at radius 1 is 1.00 bits per heavy atom. The van der Waals surface area contributed by atoms with Crippen LogP contribution >= 0.6 is 0 Å². The highest BCUT2D eigenvalue weighted by Crippen LogP contribution is 2.53. The zero-order chi connectivity index (χ0) is 21.1. The molecule has 0 N–H and O–H groups in total. The van der Waals surface area contributed by atoms with E-state index >= 15 is 0 Å². The van der Waals surface area contributed by atoms with Gasteiger partial charge in [-0.2, -0.15) is 0 Å². The lowest BCUT2D eigenvalue weighted by Crippen LogP contribution is -2.70. The van der Waals surface area contributed by atoms with Gasteiger partial charge in [0.15, 0.2) is 4.75 Å². The van der Waals surface area contributed by atoms with Gasteiger partial charge >= 0.3 is 0 Å². The number of hydrogen-bond acceptors (Lipinski definition) is 3. The minimum atomic E-state index is -1.55. The first kappa shape index (κ1) is 20.1. The van der Waals surface area contributed by atoms with Crippen LogP contribution in [0.5, 0.6) is 5.75 Å². The zero-order valence-corrected chi connectivity index (χ0v) is 17.5. The Kier molecular flexibility index (Phi) is 5.55. The fraction of sp³-hybridized carbons (Fsp3) is 0.160. The van der Waals surface area contributed by atoms with Crippen molar-refractivity contribution in [2.24, 2.45) is 0 Å². The smallest absolute Gasteiger partial charge is 0.249 e. The van der Waals surface area contributed by atoms with E-state index in [4.69, 9.17) is 4.74 Å². The van der Waals surface area contributed by atoms with E-state index in [2.05, 4.69) is 6.58 Å². The van der Waals surface area contributed by atoms with Crippen molar-refractivity contribution in [3.8, 4) is 5.75 Å². The van der Waals surface area contributed by atoms with Crippen LogP contribution in [-0.2, 0) is 15.6 Å². The molecule has 1 fully saturated rings. The summed E-state index contributed by atoms with van der Waals surface area (Å²) in [7, 11) is 0.0577. The lowest BCUT2D eigenvalue weighted by Gasteiger charge is -2.55. The molecule has 0 radical (unpaired) electrons. The Morgan fingerprint density at radius 3 is 2.17 bits per heavy atom. The fourth-order valence-electron chi connectivity index (χ4n) is 4.07. The third-order valence-electron chi connectivity index (χ3n) is 5.48. The highest BCUT2D eigenvalue weighted by molar-refractivity contribution is 7.87. The predicted octanol–water partition coefficient (Wildman–Crippen LogP) is 4.91. The molecule has 0 saturated carbocycles. The summed E-state index contributed by atoms with van der Waals surface area (Å²) in [5.74, 6) is 0.553. The molecule has 1 saturated heterocycles. The molecule has 4 nitrogen and oxygen atoms in total. The van der Waals surface area contributed by atoms with E-state index in [0.717, 1.165) is 11.3 Å². The molecule has 30 heavy (non-hydrogen) atoms. The molecular weight excluding hydrogens is 394 g/mol. The normalized spacial score (nSPS) is 21.6. The van der Waals surface area contributed by atoms with Crippen LogP contribution in [0.4, 0.5) is 5.69 Å². The SMILES string of the molecule is C=CC[C@@]1(S(=O)c2ccccc2)C(=O)N(c2ccc(OC)cc2)[C@@H]1c1ccccc1. The van der Waals surface area contributed by atoms with E-state index in [1.807, 2.05) is 84.9 Å². The van der Waals surface area contributed by atoms with Gasteiger partial charge in [0.25, 0.3) is 0 Å². The number of anilines is 1. The number of benzene rings is 3. The predicted molar refractivity (Wildman–Crippen MR) is 120 cm³/mol. The lowest BCUT2D eigenvalue weighted by molar-refractivity contribution is -0.128. The first-order valence-corrected chi connectivity index (χ1v) is 10.9. The van der Waals surface area contributed by atoms with Gasteiger partial charge in [0.1, 0.15) is 5.75 Å². The van der Waals surface area contributed by atoms with E-state index in [-0.39, 0.29) is 11.9 Å². The molecule has 0 aliphatic carbocycles. The lowest BCUT2D eigenvalue weighted by atomic mass is 9.78. The maximum absolute atomic E-state index is 13.8. The van der Waals surface area contributed by atoms with Crippen molar-refractivity contribution in [1.82, 2.24) is 0 Å². The van der Waals surface area contributed by atoms with Crippen molar-refractivity contribution in [1.29, 1.82) is 0 Å². The van der Waals surface area contributed by atoms with Gasteiger partial charge in [0.2, 0.25) is 5.91 Å². The Balaban J connectivity index is 1.85. The summed E-state index contributed by atoms with van der Waals surface area (Å²) in [5.41, 5.74) is 1.69. The van der Waals surface area contributed by atoms with Crippen molar-refractivity contribution in [3.63, 3.8) is 0 Å². The molecule has 1 amide bonds. The summed E-state index contributed by atoms with van der Waals surface area (Å²) >= 11 is 0. The number of ether oxygens (including phenoxy) is 1. The molecule has 0 bridgehead atoms. The van der Waals surface area contributed by atoms with E-state index in [9.17, 15) is 9.00 Å². The average molecular weight is 418 g/mol. The number of hydrogen-bond donors (Lipinski definition) is 0. The van der Waals surface area contributed by atoms with Gasteiger partial charge in [-0.25, -0.2) is 0 Å². The van der Waals surface area contributed by atoms with Crippen LogP contribution in [0.15, 0.2) is 102 Å². The number of carbonyl (C=O) groups excluding carboxylic acids is 1. The molecule has 4 rings (SSSR count). The summed E-state index contributed by atoms with van der Waals surface area (Å²) in [4.78, 5) is 16.1. The Hall–Kier alpha value is -3.18. The first-order chi connectivity index (χ1) is 14.6. The molecule has 0 aromatic heterocycles.